The van der Waals surface area contributed by atoms with Crippen LogP contribution in [0, 0.1) is 10.9 Å². The average molecular weight is 520 g/mol. The lowest BCUT2D eigenvalue weighted by Crippen LogP contribution is -2.24. The van der Waals surface area contributed by atoms with Crippen LogP contribution in [-0.2, 0) is 17.8 Å². The molecule has 1 amide bonds. The fourth-order valence-electron chi connectivity index (χ4n) is 4.30. The van der Waals surface area contributed by atoms with Crippen LogP contribution in [0.1, 0.15) is 34.9 Å². The summed E-state index contributed by atoms with van der Waals surface area (Å²) in [6.45, 7) is 5.61. The molecule has 0 saturated heterocycles. The first kappa shape index (κ1) is 23.8. The maximum Gasteiger partial charge on any atom is 0.284 e. The number of fused-ring (bicyclic) bond motifs is 1. The Morgan fingerprint density at radius 2 is 2.00 bits per heavy atom. The van der Waals surface area contributed by atoms with Crippen molar-refractivity contribution in [2.24, 2.45) is 4.99 Å². The maximum atomic E-state index is 12.4. The quantitative estimate of drug-likeness (QED) is 0.290. The van der Waals surface area contributed by atoms with Gasteiger partial charge >= 0.3 is 0 Å². The topological polar surface area (TPSA) is 57.8 Å². The number of carbonyl (C=O) groups excluding carboxylic acids is 1. The first-order chi connectivity index (χ1) is 16.9. The number of anilines is 2. The number of amides is 1. The largest absolute Gasteiger partial charge is 0.493 e. The van der Waals surface area contributed by atoms with Gasteiger partial charge in [-0.05, 0) is 80.4 Å². The highest BCUT2D eigenvalue weighted by Gasteiger charge is 2.27. The van der Waals surface area contributed by atoms with E-state index in [1.807, 2.05) is 19.1 Å². The van der Waals surface area contributed by atoms with Crippen LogP contribution < -0.4 is 4.90 Å². The monoisotopic (exact) mass is 519 g/mol. The van der Waals surface area contributed by atoms with Crippen molar-refractivity contribution in [3.63, 3.8) is 0 Å². The molecule has 0 radical (unpaired) electrons. The predicted octanol–water partition coefficient (Wildman–Crippen LogP) is 7.01. The van der Waals surface area contributed by atoms with Gasteiger partial charge in [-0.25, -0.2) is 0 Å². The molecule has 5 nitrogen and oxygen atoms in total. The van der Waals surface area contributed by atoms with Gasteiger partial charge in [-0.1, -0.05) is 59.0 Å². The predicted molar refractivity (Wildman–Crippen MR) is 150 cm³/mol. The van der Waals surface area contributed by atoms with Crippen LogP contribution in [0.3, 0.4) is 0 Å². The average Bonchev–Trinajstić information content (AvgIpc) is 3.36. The summed E-state index contributed by atoms with van der Waals surface area (Å²) in [5.74, 6) is -0.220. The molecule has 5 rings (SSSR count). The Bertz CT molecular complexity index is 1450. The van der Waals surface area contributed by atoms with Gasteiger partial charge in [0.15, 0.2) is 3.95 Å². The van der Waals surface area contributed by atoms with Crippen molar-refractivity contribution in [3.8, 4) is 5.88 Å². The SMILES string of the molecule is CCn1c(O)c(C2=NC(=O)/C(=C\C=C\c3ccc4c(c3)CCCN4c3ccc(C)cc3)S2)sc1=S. The number of allylic oxidation sites excluding steroid dienone is 2. The molecule has 1 aromatic heterocycles. The van der Waals surface area contributed by atoms with Crippen molar-refractivity contribution < 1.29 is 9.90 Å². The van der Waals surface area contributed by atoms with Gasteiger partial charge in [-0.3, -0.25) is 9.36 Å². The first-order valence-electron chi connectivity index (χ1n) is 11.5. The Kier molecular flexibility index (Phi) is 6.77. The molecule has 0 unspecified atom stereocenters. The normalized spacial score (nSPS) is 16.9. The van der Waals surface area contributed by atoms with Crippen LogP contribution in [0.15, 0.2) is 64.5 Å². The highest BCUT2D eigenvalue weighted by atomic mass is 32.2. The minimum Gasteiger partial charge on any atom is -0.493 e. The second-order valence-corrected chi connectivity index (χ2v) is 11.1. The summed E-state index contributed by atoms with van der Waals surface area (Å²) in [4.78, 5) is 20.0. The van der Waals surface area contributed by atoms with E-state index in [4.69, 9.17) is 12.2 Å². The molecule has 2 aliphatic rings. The zero-order valence-electron chi connectivity index (χ0n) is 19.5. The van der Waals surface area contributed by atoms with Crippen LogP contribution in [-0.4, -0.2) is 27.2 Å². The molecule has 3 heterocycles. The van der Waals surface area contributed by atoms with Gasteiger partial charge in [0.2, 0.25) is 5.88 Å². The molecule has 35 heavy (non-hydrogen) atoms. The Morgan fingerprint density at radius 1 is 1.20 bits per heavy atom. The third-order valence-corrected chi connectivity index (χ3v) is 8.70. The number of rotatable bonds is 5. The summed E-state index contributed by atoms with van der Waals surface area (Å²) in [6, 6.07) is 15.2. The molecule has 0 spiro atoms. The highest BCUT2D eigenvalue weighted by Crippen LogP contribution is 2.37. The number of aromatic hydroxyl groups is 1. The number of thiazole rings is 1. The molecule has 0 atom stereocenters. The van der Waals surface area contributed by atoms with E-state index in [9.17, 15) is 9.90 Å². The van der Waals surface area contributed by atoms with Gasteiger partial charge < -0.3 is 10.0 Å². The number of aryl methyl sites for hydroxylation is 2. The highest BCUT2D eigenvalue weighted by molar-refractivity contribution is 8.19. The van der Waals surface area contributed by atoms with Crippen molar-refractivity contribution in [1.29, 1.82) is 0 Å². The molecule has 2 aromatic carbocycles. The van der Waals surface area contributed by atoms with E-state index >= 15 is 0 Å². The van der Waals surface area contributed by atoms with Crippen LogP contribution in [0.2, 0.25) is 0 Å². The van der Waals surface area contributed by atoms with Crippen molar-refractivity contribution in [3.05, 3.63) is 85.0 Å². The van der Waals surface area contributed by atoms with Crippen molar-refractivity contribution in [2.75, 3.05) is 11.4 Å². The van der Waals surface area contributed by atoms with Gasteiger partial charge in [0.25, 0.3) is 5.91 Å². The molecule has 2 aliphatic heterocycles. The second kappa shape index (κ2) is 9.97. The van der Waals surface area contributed by atoms with E-state index in [1.54, 1.807) is 10.6 Å². The molecule has 3 aromatic rings. The van der Waals surface area contributed by atoms with E-state index in [2.05, 4.69) is 59.3 Å². The molecular formula is C27H25N3O2S3. The smallest absolute Gasteiger partial charge is 0.284 e. The van der Waals surface area contributed by atoms with Crippen molar-refractivity contribution >= 4 is 63.7 Å². The minimum absolute atomic E-state index is 0.0760. The summed E-state index contributed by atoms with van der Waals surface area (Å²) >= 11 is 7.85. The summed E-state index contributed by atoms with van der Waals surface area (Å²) in [7, 11) is 0. The van der Waals surface area contributed by atoms with E-state index in [1.165, 1.54) is 45.6 Å². The Hall–Kier alpha value is -2.94. The first-order valence-corrected chi connectivity index (χ1v) is 13.6. The van der Waals surface area contributed by atoms with Crippen molar-refractivity contribution in [2.45, 2.75) is 33.2 Å². The number of hydrogen-bond donors (Lipinski definition) is 1. The number of nitrogens with zero attached hydrogens (tertiary/aromatic N) is 3. The molecule has 0 fully saturated rings. The van der Waals surface area contributed by atoms with Crippen LogP contribution in [0.5, 0.6) is 5.88 Å². The second-order valence-electron chi connectivity index (χ2n) is 8.46. The third kappa shape index (κ3) is 4.78. The van der Waals surface area contributed by atoms with Gasteiger partial charge in [-0.15, -0.1) is 0 Å². The molecule has 0 saturated carbocycles. The van der Waals surface area contributed by atoms with Gasteiger partial charge in [-0.2, -0.15) is 4.99 Å². The van der Waals surface area contributed by atoms with Gasteiger partial charge in [0.05, 0.1) is 4.91 Å². The van der Waals surface area contributed by atoms with Gasteiger partial charge in [0, 0.05) is 24.5 Å². The van der Waals surface area contributed by atoms with E-state index < -0.39 is 0 Å². The number of aromatic nitrogens is 1. The Balaban J connectivity index is 1.32. The molecule has 178 valence electrons. The van der Waals surface area contributed by atoms with Crippen molar-refractivity contribution in [1.82, 2.24) is 4.57 Å². The number of thioether (sulfide) groups is 1. The summed E-state index contributed by atoms with van der Waals surface area (Å²) in [5.41, 5.74) is 6.18. The van der Waals surface area contributed by atoms with E-state index in [0.29, 0.717) is 25.3 Å². The zero-order chi connectivity index (χ0) is 24.5. The van der Waals surface area contributed by atoms with E-state index in [0.717, 1.165) is 24.9 Å². The van der Waals surface area contributed by atoms with Gasteiger partial charge in [0.1, 0.15) is 9.92 Å². The number of carbonyl (C=O) groups is 1. The molecular weight excluding hydrogens is 495 g/mol. The lowest BCUT2D eigenvalue weighted by Gasteiger charge is -2.31. The number of benzene rings is 2. The molecule has 8 heteroatoms. The maximum absolute atomic E-state index is 12.4. The Labute approximate surface area is 218 Å². The fraction of sp³-hybridized carbons (Fsp3) is 0.222. The summed E-state index contributed by atoms with van der Waals surface area (Å²) in [5, 5.41) is 10.9. The number of hydrogen-bond acceptors (Lipinski definition) is 6. The minimum atomic E-state index is -0.296. The molecule has 1 N–H and O–H groups in total. The van der Waals surface area contributed by atoms with Crippen LogP contribution >= 0.6 is 35.3 Å². The standard InChI is InChI=1S/C27H25N3O2S3/c1-3-29-26(32)23(35-27(29)33)25-28-24(31)22(34-25)8-4-6-18-11-14-21-19(16-18)7-5-15-30(21)20-12-9-17(2)10-13-20/h4,6,8-14,16,32H,3,5,7,15H2,1-2H3/b6-4+,22-8+. The fourth-order valence-corrected chi connectivity index (χ4v) is 6.65. The Morgan fingerprint density at radius 3 is 2.74 bits per heavy atom. The molecule has 0 bridgehead atoms. The van der Waals surface area contributed by atoms with E-state index in [-0.39, 0.29) is 11.8 Å². The van der Waals surface area contributed by atoms with Crippen LogP contribution in [0.25, 0.3) is 6.08 Å². The lowest BCUT2D eigenvalue weighted by atomic mass is 9.98. The zero-order valence-corrected chi connectivity index (χ0v) is 22.0. The lowest BCUT2D eigenvalue weighted by molar-refractivity contribution is -0.113. The number of aliphatic imine (C=N–C) groups is 1. The van der Waals surface area contributed by atoms with Crippen LogP contribution in [0.4, 0.5) is 11.4 Å². The summed E-state index contributed by atoms with van der Waals surface area (Å²) in [6.07, 6.45) is 7.86. The molecule has 0 aliphatic carbocycles. The summed E-state index contributed by atoms with van der Waals surface area (Å²) < 4.78 is 2.21. The third-order valence-electron chi connectivity index (χ3n) is 6.10.